The van der Waals surface area contributed by atoms with Crippen LogP contribution in [0.4, 0.5) is 4.39 Å². The lowest BCUT2D eigenvalue weighted by Crippen LogP contribution is -2.00. The third-order valence-corrected chi connectivity index (χ3v) is 2.88. The molecule has 0 saturated carbocycles. The van der Waals surface area contributed by atoms with E-state index in [1.807, 2.05) is 31.2 Å². The van der Waals surface area contributed by atoms with Crippen LogP contribution in [0.3, 0.4) is 0 Å². The molecular formula is C16H14FNO2. The lowest BCUT2D eigenvalue weighted by atomic mass is 10.1. The van der Waals surface area contributed by atoms with Gasteiger partial charge < -0.3 is 9.47 Å². The average molecular weight is 271 g/mol. The molecule has 0 heterocycles. The summed E-state index contributed by atoms with van der Waals surface area (Å²) < 4.78 is 24.4. The minimum Gasteiger partial charge on any atom is -0.496 e. The maximum absolute atomic E-state index is 13.7. The van der Waals surface area contributed by atoms with Crippen LogP contribution in [-0.2, 0) is 6.61 Å². The summed E-state index contributed by atoms with van der Waals surface area (Å²) >= 11 is 0. The molecule has 4 heteroatoms. The molecule has 102 valence electrons. The van der Waals surface area contributed by atoms with Crippen molar-refractivity contribution in [3.8, 4) is 17.6 Å². The molecule has 0 aliphatic carbocycles. The van der Waals surface area contributed by atoms with E-state index in [1.165, 1.54) is 12.1 Å². The second kappa shape index (κ2) is 6.07. The summed E-state index contributed by atoms with van der Waals surface area (Å²) in [5.74, 6) is 0.271. The molecule has 0 aliphatic heterocycles. The van der Waals surface area contributed by atoms with Gasteiger partial charge in [-0.3, -0.25) is 0 Å². The molecular weight excluding hydrogens is 257 g/mol. The standard InChI is InChI=1S/C16H14FNO2/c1-11-3-5-15(19-2)13(7-11)10-20-16-6-4-12(9-18)8-14(16)17/h3-8H,10H2,1-2H3. The highest BCUT2D eigenvalue weighted by Crippen LogP contribution is 2.24. The zero-order chi connectivity index (χ0) is 14.5. The van der Waals surface area contributed by atoms with E-state index < -0.39 is 5.82 Å². The molecule has 0 aromatic heterocycles. The number of methoxy groups -OCH3 is 1. The van der Waals surface area contributed by atoms with Crippen LogP contribution >= 0.6 is 0 Å². The SMILES string of the molecule is COc1ccc(C)cc1COc1ccc(C#N)cc1F. The van der Waals surface area contributed by atoms with Gasteiger partial charge in [-0.05, 0) is 37.3 Å². The van der Waals surface area contributed by atoms with E-state index in [4.69, 9.17) is 14.7 Å². The van der Waals surface area contributed by atoms with E-state index in [9.17, 15) is 4.39 Å². The van der Waals surface area contributed by atoms with Gasteiger partial charge in [-0.15, -0.1) is 0 Å². The molecule has 0 spiro atoms. The number of benzene rings is 2. The Hall–Kier alpha value is -2.54. The molecule has 0 aliphatic rings. The van der Waals surface area contributed by atoms with Gasteiger partial charge in [-0.25, -0.2) is 4.39 Å². The van der Waals surface area contributed by atoms with Gasteiger partial charge in [0.05, 0.1) is 18.7 Å². The van der Waals surface area contributed by atoms with Crippen molar-refractivity contribution in [3.63, 3.8) is 0 Å². The molecule has 2 aromatic rings. The van der Waals surface area contributed by atoms with E-state index in [-0.39, 0.29) is 17.9 Å². The lowest BCUT2D eigenvalue weighted by Gasteiger charge is -2.11. The van der Waals surface area contributed by atoms with Crippen molar-refractivity contribution < 1.29 is 13.9 Å². The zero-order valence-corrected chi connectivity index (χ0v) is 11.3. The van der Waals surface area contributed by atoms with E-state index in [0.29, 0.717) is 5.75 Å². The van der Waals surface area contributed by atoms with Crippen molar-refractivity contribution in [1.29, 1.82) is 5.26 Å². The lowest BCUT2D eigenvalue weighted by molar-refractivity contribution is 0.282. The highest BCUT2D eigenvalue weighted by atomic mass is 19.1. The number of halogens is 1. The summed E-state index contributed by atoms with van der Waals surface area (Å²) in [5.41, 5.74) is 2.18. The normalized spacial score (nSPS) is 9.90. The fraction of sp³-hybridized carbons (Fsp3) is 0.188. The first-order valence-corrected chi connectivity index (χ1v) is 6.10. The molecule has 0 N–H and O–H groups in total. The van der Waals surface area contributed by atoms with E-state index >= 15 is 0 Å². The van der Waals surface area contributed by atoms with Crippen molar-refractivity contribution >= 4 is 0 Å². The highest BCUT2D eigenvalue weighted by Gasteiger charge is 2.08. The molecule has 0 bridgehead atoms. The molecule has 2 rings (SSSR count). The van der Waals surface area contributed by atoms with E-state index in [1.54, 1.807) is 7.11 Å². The van der Waals surface area contributed by atoms with Gasteiger partial charge in [0.15, 0.2) is 11.6 Å². The van der Waals surface area contributed by atoms with Crippen molar-refractivity contribution in [2.24, 2.45) is 0 Å². The third kappa shape index (κ3) is 3.07. The Kier molecular flexibility index (Phi) is 4.21. The Morgan fingerprint density at radius 3 is 2.55 bits per heavy atom. The summed E-state index contributed by atoms with van der Waals surface area (Å²) in [5, 5.41) is 8.69. The van der Waals surface area contributed by atoms with Gasteiger partial charge in [0.25, 0.3) is 0 Å². The van der Waals surface area contributed by atoms with Gasteiger partial charge in [0, 0.05) is 5.56 Å². The van der Waals surface area contributed by atoms with Crippen molar-refractivity contribution in [2.75, 3.05) is 7.11 Å². The Bertz CT molecular complexity index is 662. The van der Waals surface area contributed by atoms with Crippen molar-refractivity contribution in [1.82, 2.24) is 0 Å². The first-order valence-electron chi connectivity index (χ1n) is 6.10. The monoisotopic (exact) mass is 271 g/mol. The first-order chi connectivity index (χ1) is 9.63. The fourth-order valence-corrected chi connectivity index (χ4v) is 1.86. The molecule has 0 radical (unpaired) electrons. The predicted molar refractivity (Wildman–Crippen MR) is 73.2 cm³/mol. The zero-order valence-electron chi connectivity index (χ0n) is 11.3. The highest BCUT2D eigenvalue weighted by molar-refractivity contribution is 5.38. The molecule has 0 fully saturated rings. The second-order valence-electron chi connectivity index (χ2n) is 4.36. The number of ether oxygens (including phenoxy) is 2. The maximum atomic E-state index is 13.7. The third-order valence-electron chi connectivity index (χ3n) is 2.88. The smallest absolute Gasteiger partial charge is 0.166 e. The molecule has 0 saturated heterocycles. The average Bonchev–Trinajstić information content (AvgIpc) is 2.46. The fourth-order valence-electron chi connectivity index (χ4n) is 1.86. The van der Waals surface area contributed by atoms with Crippen LogP contribution < -0.4 is 9.47 Å². The summed E-state index contributed by atoms with van der Waals surface area (Å²) in [4.78, 5) is 0. The van der Waals surface area contributed by atoms with Gasteiger partial charge in [0.2, 0.25) is 0 Å². The maximum Gasteiger partial charge on any atom is 0.166 e. The first kappa shape index (κ1) is 13.9. The quantitative estimate of drug-likeness (QED) is 0.853. The molecule has 3 nitrogen and oxygen atoms in total. The Balaban J connectivity index is 2.17. The molecule has 0 unspecified atom stereocenters. The van der Waals surface area contributed by atoms with Crippen LogP contribution in [0.2, 0.25) is 0 Å². The Morgan fingerprint density at radius 2 is 1.90 bits per heavy atom. The molecule has 20 heavy (non-hydrogen) atoms. The summed E-state index contributed by atoms with van der Waals surface area (Å²) in [7, 11) is 1.58. The van der Waals surface area contributed by atoms with Crippen LogP contribution in [0.25, 0.3) is 0 Å². The topological polar surface area (TPSA) is 42.2 Å². The Morgan fingerprint density at radius 1 is 1.15 bits per heavy atom. The van der Waals surface area contributed by atoms with E-state index in [0.717, 1.165) is 17.2 Å². The van der Waals surface area contributed by atoms with Crippen molar-refractivity contribution in [3.05, 3.63) is 58.9 Å². The van der Waals surface area contributed by atoms with E-state index in [2.05, 4.69) is 0 Å². The van der Waals surface area contributed by atoms with Crippen LogP contribution in [0.5, 0.6) is 11.5 Å². The van der Waals surface area contributed by atoms with Crippen LogP contribution in [0.1, 0.15) is 16.7 Å². The van der Waals surface area contributed by atoms with Gasteiger partial charge >= 0.3 is 0 Å². The summed E-state index contributed by atoms with van der Waals surface area (Å²) in [6, 6.07) is 11.7. The number of nitriles is 1. The Labute approximate surface area is 117 Å². The number of hydrogen-bond acceptors (Lipinski definition) is 3. The molecule has 0 amide bonds. The summed E-state index contributed by atoms with van der Waals surface area (Å²) in [6.07, 6.45) is 0. The largest absolute Gasteiger partial charge is 0.496 e. The number of rotatable bonds is 4. The van der Waals surface area contributed by atoms with Gasteiger partial charge in [-0.1, -0.05) is 11.6 Å². The van der Waals surface area contributed by atoms with Gasteiger partial charge in [-0.2, -0.15) is 5.26 Å². The number of hydrogen-bond donors (Lipinski definition) is 0. The number of nitrogens with zero attached hydrogens (tertiary/aromatic N) is 1. The van der Waals surface area contributed by atoms with Crippen LogP contribution in [0.15, 0.2) is 36.4 Å². The molecule has 2 aromatic carbocycles. The minimum absolute atomic E-state index is 0.118. The molecule has 0 atom stereocenters. The summed E-state index contributed by atoms with van der Waals surface area (Å²) in [6.45, 7) is 2.17. The van der Waals surface area contributed by atoms with Crippen molar-refractivity contribution in [2.45, 2.75) is 13.5 Å². The van der Waals surface area contributed by atoms with Crippen LogP contribution in [-0.4, -0.2) is 7.11 Å². The van der Waals surface area contributed by atoms with Crippen LogP contribution in [0, 0.1) is 24.1 Å². The second-order valence-corrected chi connectivity index (χ2v) is 4.36. The minimum atomic E-state index is -0.546. The van der Waals surface area contributed by atoms with Gasteiger partial charge in [0.1, 0.15) is 12.4 Å². The number of aryl methyl sites for hydroxylation is 1. The predicted octanol–water partition coefficient (Wildman–Crippen LogP) is 3.59.